The van der Waals surface area contributed by atoms with E-state index in [2.05, 4.69) is 66.3 Å². The highest BCUT2D eigenvalue weighted by atomic mass is 79.9. The first-order valence-corrected chi connectivity index (χ1v) is 15.0. The second-order valence-corrected chi connectivity index (χ2v) is 12.4. The van der Waals surface area contributed by atoms with Crippen LogP contribution in [0.5, 0.6) is 0 Å². The van der Waals surface area contributed by atoms with Crippen LogP contribution in [0.4, 0.5) is 0 Å². The van der Waals surface area contributed by atoms with Gasteiger partial charge in [0.25, 0.3) is 0 Å². The highest BCUT2D eigenvalue weighted by molar-refractivity contribution is 5.21. The third kappa shape index (κ3) is 21.1. The van der Waals surface area contributed by atoms with Gasteiger partial charge in [0, 0.05) is 11.1 Å². The lowest BCUT2D eigenvalue weighted by Crippen LogP contribution is -3.00. The maximum Gasteiger partial charge on any atom is 0.104 e. The van der Waals surface area contributed by atoms with E-state index in [0.717, 1.165) is 22.1 Å². The summed E-state index contributed by atoms with van der Waals surface area (Å²) in [7, 11) is 9.61. The Labute approximate surface area is 248 Å². The van der Waals surface area contributed by atoms with Crippen molar-refractivity contribution in [3.63, 3.8) is 0 Å². The van der Waals surface area contributed by atoms with E-state index in [1.165, 1.54) is 127 Å². The van der Waals surface area contributed by atoms with Crippen LogP contribution >= 0.6 is 0 Å². The van der Waals surface area contributed by atoms with E-state index in [0.29, 0.717) is 0 Å². The van der Waals surface area contributed by atoms with Crippen molar-refractivity contribution in [1.82, 2.24) is 0 Å². The van der Waals surface area contributed by atoms with Crippen molar-refractivity contribution in [1.29, 1.82) is 0 Å². The summed E-state index contributed by atoms with van der Waals surface area (Å²) in [4.78, 5) is 0. The van der Waals surface area contributed by atoms with Crippen LogP contribution in [0.15, 0.2) is 24.3 Å². The zero-order valence-corrected chi connectivity index (χ0v) is 28.3. The quantitative estimate of drug-likeness (QED) is 0.136. The molecule has 0 bridgehead atoms. The first kappa shape index (κ1) is 38.2. The second-order valence-electron chi connectivity index (χ2n) is 12.4. The largest absolute Gasteiger partial charge is 1.00 e. The van der Waals surface area contributed by atoms with E-state index in [9.17, 15) is 0 Å². The third-order valence-corrected chi connectivity index (χ3v) is 7.48. The Morgan fingerprint density at radius 3 is 0.944 bits per heavy atom. The number of benzene rings is 1. The molecule has 0 N–H and O–H groups in total. The molecular formula is C32H62Br2N2. The van der Waals surface area contributed by atoms with Crippen molar-refractivity contribution >= 4 is 0 Å². The molecule has 0 heterocycles. The number of hydrogen-bond acceptors (Lipinski definition) is 0. The molecule has 0 saturated heterocycles. The van der Waals surface area contributed by atoms with E-state index < -0.39 is 0 Å². The number of halogens is 2. The first-order valence-electron chi connectivity index (χ1n) is 15.0. The summed E-state index contributed by atoms with van der Waals surface area (Å²) in [6.07, 6.45) is 22.5. The van der Waals surface area contributed by atoms with Crippen molar-refractivity contribution in [2.24, 2.45) is 0 Å². The number of nitrogens with zero attached hydrogens (tertiary/aromatic N) is 2. The summed E-state index contributed by atoms with van der Waals surface area (Å²) in [5.74, 6) is 0. The van der Waals surface area contributed by atoms with Gasteiger partial charge in [-0.25, -0.2) is 0 Å². The second kappa shape index (κ2) is 23.0. The molecule has 0 aliphatic carbocycles. The fourth-order valence-electron chi connectivity index (χ4n) is 5.24. The van der Waals surface area contributed by atoms with Crippen molar-refractivity contribution in [2.45, 2.75) is 130 Å². The van der Waals surface area contributed by atoms with Gasteiger partial charge in [0.15, 0.2) is 0 Å². The molecule has 0 amide bonds. The number of rotatable bonds is 22. The monoisotopic (exact) mass is 632 g/mol. The summed E-state index contributed by atoms with van der Waals surface area (Å²) in [5, 5.41) is 0. The van der Waals surface area contributed by atoms with Crippen molar-refractivity contribution in [3.8, 4) is 0 Å². The Bertz CT molecular complexity index is 546. The fraction of sp³-hybridized carbons (Fsp3) is 0.812. The van der Waals surface area contributed by atoms with Crippen LogP contribution in [-0.4, -0.2) is 50.2 Å². The summed E-state index contributed by atoms with van der Waals surface area (Å²) < 4.78 is 2.21. The van der Waals surface area contributed by atoms with E-state index in [1.807, 2.05) is 0 Å². The fourth-order valence-corrected chi connectivity index (χ4v) is 5.24. The van der Waals surface area contributed by atoms with Crippen LogP contribution < -0.4 is 34.0 Å². The van der Waals surface area contributed by atoms with Crippen LogP contribution in [0.25, 0.3) is 0 Å². The Morgan fingerprint density at radius 2 is 0.667 bits per heavy atom. The molecule has 0 unspecified atom stereocenters. The molecular weight excluding hydrogens is 572 g/mol. The number of unbranched alkanes of at least 4 members (excludes halogenated alkanes) is 14. The molecule has 1 rings (SSSR count). The van der Waals surface area contributed by atoms with Gasteiger partial charge >= 0.3 is 0 Å². The standard InChI is InChI=1S/C32H62N2.2BrH/c1-7-9-11-13-15-17-19-21-27-33(3,4)29-31-23-25-32(26-24-31)30-34(5,6)28-22-20-18-16-14-12-10-8-2;;/h23-26H,7-22,27-30H2,1-6H3;2*1H/q+2;;/p-2. The summed E-state index contributed by atoms with van der Waals surface area (Å²) >= 11 is 0. The number of quaternary nitrogens is 2. The molecule has 0 fully saturated rings. The van der Waals surface area contributed by atoms with Crippen LogP contribution in [0.1, 0.15) is 128 Å². The van der Waals surface area contributed by atoms with E-state index >= 15 is 0 Å². The number of hydrogen-bond donors (Lipinski definition) is 0. The van der Waals surface area contributed by atoms with Gasteiger partial charge in [0.2, 0.25) is 0 Å². The van der Waals surface area contributed by atoms with Gasteiger partial charge in [-0.05, 0) is 25.7 Å². The molecule has 0 aromatic heterocycles. The smallest absolute Gasteiger partial charge is 0.104 e. The Balaban J connectivity index is 0. The zero-order valence-electron chi connectivity index (χ0n) is 25.1. The predicted molar refractivity (Wildman–Crippen MR) is 153 cm³/mol. The highest BCUT2D eigenvalue weighted by Crippen LogP contribution is 2.17. The Morgan fingerprint density at radius 1 is 0.417 bits per heavy atom. The zero-order chi connectivity index (χ0) is 25.1. The maximum absolute atomic E-state index is 2.40. The molecule has 0 aliphatic rings. The molecule has 1 aromatic carbocycles. The molecule has 214 valence electrons. The average molecular weight is 635 g/mol. The SMILES string of the molecule is CCCCCCCCCC[N+](C)(C)Cc1ccc(C[N+](C)(C)CCCCCCCCCC)cc1.[Br-].[Br-]. The van der Waals surface area contributed by atoms with Gasteiger partial charge in [-0.1, -0.05) is 115 Å². The summed E-state index contributed by atoms with van der Waals surface area (Å²) in [6.45, 7) is 9.47. The molecule has 0 aliphatic heterocycles. The normalized spacial score (nSPS) is 11.7. The van der Waals surface area contributed by atoms with E-state index in [1.54, 1.807) is 0 Å². The molecule has 0 atom stereocenters. The first-order chi connectivity index (χ1) is 16.3. The van der Waals surface area contributed by atoms with Gasteiger partial charge in [-0.3, -0.25) is 0 Å². The lowest BCUT2D eigenvalue weighted by molar-refractivity contribution is -0.904. The molecule has 36 heavy (non-hydrogen) atoms. The average Bonchev–Trinajstić information content (AvgIpc) is 2.78. The van der Waals surface area contributed by atoms with Gasteiger partial charge in [-0.15, -0.1) is 0 Å². The van der Waals surface area contributed by atoms with Gasteiger partial charge < -0.3 is 42.9 Å². The van der Waals surface area contributed by atoms with Crippen LogP contribution in [-0.2, 0) is 13.1 Å². The van der Waals surface area contributed by atoms with Gasteiger partial charge in [0.1, 0.15) is 13.1 Å². The van der Waals surface area contributed by atoms with Crippen molar-refractivity contribution in [2.75, 3.05) is 41.3 Å². The summed E-state index contributed by atoms with van der Waals surface area (Å²) in [5.41, 5.74) is 2.98. The van der Waals surface area contributed by atoms with E-state index in [-0.39, 0.29) is 34.0 Å². The molecule has 4 heteroatoms. The van der Waals surface area contributed by atoms with Crippen molar-refractivity contribution < 1.29 is 42.9 Å². The predicted octanol–water partition coefficient (Wildman–Crippen LogP) is 3.13. The van der Waals surface area contributed by atoms with Crippen LogP contribution in [0, 0.1) is 0 Å². The molecule has 2 nitrogen and oxygen atoms in total. The molecule has 0 saturated carbocycles. The molecule has 0 radical (unpaired) electrons. The maximum atomic E-state index is 2.40. The van der Waals surface area contributed by atoms with Crippen LogP contribution in [0.3, 0.4) is 0 Å². The Kier molecular flexibility index (Phi) is 24.5. The van der Waals surface area contributed by atoms with E-state index in [4.69, 9.17) is 0 Å². The lowest BCUT2D eigenvalue weighted by Gasteiger charge is -2.31. The minimum Gasteiger partial charge on any atom is -1.00 e. The topological polar surface area (TPSA) is 0 Å². The van der Waals surface area contributed by atoms with Gasteiger partial charge in [0.05, 0.1) is 41.3 Å². The highest BCUT2D eigenvalue weighted by Gasteiger charge is 2.18. The molecule has 1 aromatic rings. The Hall–Kier alpha value is 0.1000. The van der Waals surface area contributed by atoms with Gasteiger partial charge in [-0.2, -0.15) is 0 Å². The van der Waals surface area contributed by atoms with Crippen molar-refractivity contribution in [3.05, 3.63) is 35.4 Å². The minimum atomic E-state index is 0. The molecule has 0 spiro atoms. The summed E-state index contributed by atoms with van der Waals surface area (Å²) in [6, 6.07) is 9.55. The minimum absolute atomic E-state index is 0. The lowest BCUT2D eigenvalue weighted by atomic mass is 10.1. The third-order valence-electron chi connectivity index (χ3n) is 7.48. The van der Waals surface area contributed by atoms with Crippen LogP contribution in [0.2, 0.25) is 0 Å².